The molecule has 7 heteroatoms. The van der Waals surface area contributed by atoms with Gasteiger partial charge in [0.05, 0.1) is 5.02 Å². The Hall–Kier alpha value is -1.82. The first-order valence-corrected chi connectivity index (χ1v) is 9.81. The van der Waals surface area contributed by atoms with Gasteiger partial charge in [-0.05, 0) is 61.7 Å². The van der Waals surface area contributed by atoms with Crippen LogP contribution in [0.5, 0.6) is 5.75 Å². The molecule has 0 spiro atoms. The number of nitrogens with zero attached hydrogens (tertiary/aromatic N) is 2. The van der Waals surface area contributed by atoms with Crippen LogP contribution in [0.25, 0.3) is 0 Å². The van der Waals surface area contributed by atoms with Gasteiger partial charge in [0.1, 0.15) is 5.75 Å². The number of ether oxygens (including phenoxy) is 1. The van der Waals surface area contributed by atoms with Crippen LogP contribution >= 0.6 is 23.2 Å². The van der Waals surface area contributed by atoms with Crippen LogP contribution in [0.15, 0.2) is 42.7 Å². The minimum atomic E-state index is -0.140. The van der Waals surface area contributed by atoms with Crippen molar-refractivity contribution in [2.75, 3.05) is 26.2 Å². The summed E-state index contributed by atoms with van der Waals surface area (Å²) in [4.78, 5) is 18.6. The van der Waals surface area contributed by atoms with Crippen molar-refractivity contribution in [3.63, 3.8) is 0 Å². The average Bonchev–Trinajstić information content (AvgIpc) is 2.67. The first-order valence-electron chi connectivity index (χ1n) is 9.06. The maximum atomic E-state index is 12.0. The third kappa shape index (κ3) is 6.38. The molecule has 27 heavy (non-hydrogen) atoms. The fourth-order valence-corrected chi connectivity index (χ4v) is 3.61. The second kappa shape index (κ2) is 9.93. The second-order valence-electron chi connectivity index (χ2n) is 6.75. The molecule has 0 unspecified atom stereocenters. The van der Waals surface area contributed by atoms with Gasteiger partial charge in [0.15, 0.2) is 6.61 Å². The number of pyridine rings is 1. The van der Waals surface area contributed by atoms with Gasteiger partial charge in [-0.15, -0.1) is 0 Å². The molecule has 1 aliphatic rings. The molecule has 3 rings (SSSR count). The number of halogens is 2. The quantitative estimate of drug-likeness (QED) is 0.758. The van der Waals surface area contributed by atoms with Gasteiger partial charge in [0, 0.05) is 30.5 Å². The highest BCUT2D eigenvalue weighted by molar-refractivity contribution is 6.35. The number of carbonyl (C=O) groups is 1. The molecule has 0 bridgehead atoms. The number of amides is 1. The molecule has 1 aromatic heterocycles. The lowest BCUT2D eigenvalue weighted by atomic mass is 9.96. The molecule has 1 aliphatic heterocycles. The fourth-order valence-electron chi connectivity index (χ4n) is 3.14. The predicted molar refractivity (Wildman–Crippen MR) is 107 cm³/mol. The minimum absolute atomic E-state index is 0.0544. The van der Waals surface area contributed by atoms with E-state index >= 15 is 0 Å². The van der Waals surface area contributed by atoms with Crippen molar-refractivity contribution in [1.82, 2.24) is 15.2 Å². The van der Waals surface area contributed by atoms with Crippen LogP contribution in [0.1, 0.15) is 18.4 Å². The second-order valence-corrected chi connectivity index (χ2v) is 7.59. The number of carbonyl (C=O) groups excluding carboxylic acids is 1. The van der Waals surface area contributed by atoms with E-state index in [0.717, 1.165) is 32.5 Å². The van der Waals surface area contributed by atoms with Crippen molar-refractivity contribution < 1.29 is 9.53 Å². The minimum Gasteiger partial charge on any atom is -0.482 e. The van der Waals surface area contributed by atoms with Gasteiger partial charge in [-0.3, -0.25) is 14.7 Å². The predicted octanol–water partition coefficient (Wildman–Crippen LogP) is 3.80. The maximum Gasteiger partial charge on any atom is 0.257 e. The average molecular weight is 408 g/mol. The van der Waals surface area contributed by atoms with Crippen molar-refractivity contribution in [3.05, 3.63) is 58.3 Å². The van der Waals surface area contributed by atoms with E-state index in [-0.39, 0.29) is 12.5 Å². The van der Waals surface area contributed by atoms with Crippen LogP contribution in [-0.2, 0) is 11.3 Å². The highest BCUT2D eigenvalue weighted by atomic mass is 35.5. The Kier molecular flexibility index (Phi) is 7.33. The summed E-state index contributed by atoms with van der Waals surface area (Å²) < 4.78 is 5.46. The fraction of sp³-hybridized carbons (Fsp3) is 0.400. The van der Waals surface area contributed by atoms with Crippen molar-refractivity contribution in [1.29, 1.82) is 0 Å². The van der Waals surface area contributed by atoms with Crippen LogP contribution in [-0.4, -0.2) is 42.0 Å². The van der Waals surface area contributed by atoms with E-state index in [4.69, 9.17) is 27.9 Å². The molecule has 2 heterocycles. The van der Waals surface area contributed by atoms with Gasteiger partial charge >= 0.3 is 0 Å². The zero-order chi connectivity index (χ0) is 19.1. The van der Waals surface area contributed by atoms with Gasteiger partial charge in [-0.25, -0.2) is 0 Å². The molecule has 2 aromatic rings. The number of nitrogens with one attached hydrogen (secondary N) is 1. The van der Waals surface area contributed by atoms with Crippen LogP contribution in [0.4, 0.5) is 0 Å². The molecule has 1 amide bonds. The molecule has 5 nitrogen and oxygen atoms in total. The monoisotopic (exact) mass is 407 g/mol. The van der Waals surface area contributed by atoms with Gasteiger partial charge in [0.2, 0.25) is 0 Å². The zero-order valence-electron chi connectivity index (χ0n) is 15.0. The number of hydrogen-bond donors (Lipinski definition) is 1. The highest BCUT2D eigenvalue weighted by Crippen LogP contribution is 2.27. The number of rotatable bonds is 7. The summed E-state index contributed by atoms with van der Waals surface area (Å²) in [6.45, 7) is 3.62. The lowest BCUT2D eigenvalue weighted by molar-refractivity contribution is -0.123. The summed E-state index contributed by atoms with van der Waals surface area (Å²) >= 11 is 11.9. The number of likely N-dealkylation sites (tertiary alicyclic amines) is 1. The van der Waals surface area contributed by atoms with Crippen molar-refractivity contribution in [3.8, 4) is 5.75 Å². The summed E-state index contributed by atoms with van der Waals surface area (Å²) in [6, 6.07) is 9.01. The normalized spacial score (nSPS) is 15.5. The van der Waals surface area contributed by atoms with Crippen LogP contribution in [0.2, 0.25) is 10.0 Å². The third-order valence-electron chi connectivity index (χ3n) is 4.68. The van der Waals surface area contributed by atoms with E-state index < -0.39 is 0 Å². The smallest absolute Gasteiger partial charge is 0.257 e. The molecular weight excluding hydrogens is 385 g/mol. The van der Waals surface area contributed by atoms with E-state index in [2.05, 4.69) is 21.3 Å². The molecular formula is C20H23Cl2N3O2. The van der Waals surface area contributed by atoms with Crippen molar-refractivity contribution in [2.24, 2.45) is 5.92 Å². The maximum absolute atomic E-state index is 12.0. The number of piperidine rings is 1. The summed E-state index contributed by atoms with van der Waals surface area (Å²) in [5, 5.41) is 3.89. The van der Waals surface area contributed by atoms with E-state index in [1.54, 1.807) is 24.4 Å². The molecule has 1 saturated heterocycles. The van der Waals surface area contributed by atoms with Gasteiger partial charge in [-0.1, -0.05) is 29.3 Å². The highest BCUT2D eigenvalue weighted by Gasteiger charge is 2.20. The first kappa shape index (κ1) is 19.9. The van der Waals surface area contributed by atoms with E-state index in [1.807, 2.05) is 12.3 Å². The third-order valence-corrected chi connectivity index (χ3v) is 5.21. The van der Waals surface area contributed by atoms with Gasteiger partial charge in [-0.2, -0.15) is 0 Å². The molecule has 0 saturated carbocycles. The Morgan fingerprint density at radius 2 is 2.07 bits per heavy atom. The molecule has 0 aliphatic carbocycles. The topological polar surface area (TPSA) is 54.5 Å². The zero-order valence-corrected chi connectivity index (χ0v) is 16.5. The van der Waals surface area contributed by atoms with Crippen LogP contribution < -0.4 is 10.1 Å². The first-order chi connectivity index (χ1) is 13.1. The lowest BCUT2D eigenvalue weighted by Crippen LogP contribution is -2.39. The Morgan fingerprint density at radius 3 is 2.78 bits per heavy atom. The Morgan fingerprint density at radius 1 is 1.26 bits per heavy atom. The summed E-state index contributed by atoms with van der Waals surface area (Å²) in [6.07, 6.45) is 5.86. The van der Waals surface area contributed by atoms with E-state index in [9.17, 15) is 4.79 Å². The molecule has 1 aromatic carbocycles. The molecule has 0 radical (unpaired) electrons. The Labute approximate surface area is 169 Å². The van der Waals surface area contributed by atoms with Gasteiger partial charge < -0.3 is 10.1 Å². The summed E-state index contributed by atoms with van der Waals surface area (Å²) in [5.74, 6) is 0.817. The van der Waals surface area contributed by atoms with E-state index in [0.29, 0.717) is 28.3 Å². The molecule has 0 atom stereocenters. The summed E-state index contributed by atoms with van der Waals surface area (Å²) in [7, 11) is 0. The Bertz CT molecular complexity index is 750. The van der Waals surface area contributed by atoms with Crippen LogP contribution in [0.3, 0.4) is 0 Å². The van der Waals surface area contributed by atoms with E-state index in [1.165, 1.54) is 5.56 Å². The number of benzene rings is 1. The molecule has 144 valence electrons. The summed E-state index contributed by atoms with van der Waals surface area (Å²) in [5.41, 5.74) is 1.24. The number of hydrogen-bond acceptors (Lipinski definition) is 4. The van der Waals surface area contributed by atoms with Crippen LogP contribution in [0, 0.1) is 5.92 Å². The Balaban J connectivity index is 1.34. The molecule has 1 fully saturated rings. The van der Waals surface area contributed by atoms with Gasteiger partial charge in [0.25, 0.3) is 5.91 Å². The van der Waals surface area contributed by atoms with Crippen molar-refractivity contribution >= 4 is 29.1 Å². The molecule has 1 N–H and O–H groups in total. The SMILES string of the molecule is O=C(COc1ccc(Cl)cc1Cl)NCC1CCN(Cc2cccnc2)CC1. The largest absolute Gasteiger partial charge is 0.482 e. The number of aromatic nitrogens is 1. The lowest BCUT2D eigenvalue weighted by Gasteiger charge is -2.32. The standard InChI is InChI=1S/C20H23Cl2N3O2/c21-17-3-4-19(18(22)10-17)27-14-20(26)24-12-15-5-8-25(9-6-15)13-16-2-1-7-23-11-16/h1-4,7,10-11,15H,5-6,8-9,12-14H2,(H,24,26). The van der Waals surface area contributed by atoms with Crippen molar-refractivity contribution in [2.45, 2.75) is 19.4 Å².